The lowest BCUT2D eigenvalue weighted by Gasteiger charge is -2.13. The first-order valence-electron chi connectivity index (χ1n) is 12.2. The maximum atomic E-state index is 13.0. The molecule has 7 heteroatoms. The van der Waals surface area contributed by atoms with Crippen LogP contribution in [0.4, 0.5) is 5.69 Å². The van der Waals surface area contributed by atoms with Crippen molar-refractivity contribution in [2.75, 3.05) is 11.1 Å². The first kappa shape index (κ1) is 25.2. The quantitative estimate of drug-likeness (QED) is 0.187. The van der Waals surface area contributed by atoms with E-state index in [-0.39, 0.29) is 17.4 Å². The van der Waals surface area contributed by atoms with Crippen LogP contribution in [0.25, 0.3) is 17.1 Å². The lowest BCUT2D eigenvalue weighted by Crippen LogP contribution is -2.17. The molecule has 0 unspecified atom stereocenters. The number of nitrogens with zero attached hydrogens (tertiary/aromatic N) is 3. The summed E-state index contributed by atoms with van der Waals surface area (Å²) in [6.45, 7) is 4.14. The smallest absolute Gasteiger partial charge is 0.234 e. The van der Waals surface area contributed by atoms with E-state index in [9.17, 15) is 9.59 Å². The van der Waals surface area contributed by atoms with Gasteiger partial charge in [0.25, 0.3) is 0 Å². The van der Waals surface area contributed by atoms with Gasteiger partial charge in [0, 0.05) is 16.7 Å². The van der Waals surface area contributed by atoms with Gasteiger partial charge in [0.2, 0.25) is 5.91 Å². The van der Waals surface area contributed by atoms with Gasteiger partial charge in [-0.1, -0.05) is 90.6 Å². The molecule has 0 fully saturated rings. The van der Waals surface area contributed by atoms with Gasteiger partial charge in [0.15, 0.2) is 16.8 Å². The van der Waals surface area contributed by atoms with Gasteiger partial charge in [-0.25, -0.2) is 0 Å². The number of amides is 1. The van der Waals surface area contributed by atoms with Gasteiger partial charge in [-0.3, -0.25) is 14.2 Å². The molecule has 4 aromatic carbocycles. The summed E-state index contributed by atoms with van der Waals surface area (Å²) < 4.78 is 1.98. The third-order valence-electron chi connectivity index (χ3n) is 6.23. The van der Waals surface area contributed by atoms with Crippen molar-refractivity contribution in [2.24, 2.45) is 0 Å². The molecule has 5 rings (SSSR count). The first-order chi connectivity index (χ1) is 18.5. The molecule has 0 aliphatic rings. The van der Waals surface area contributed by atoms with E-state index in [4.69, 9.17) is 0 Å². The highest BCUT2D eigenvalue weighted by Crippen LogP contribution is 2.29. The zero-order valence-electron chi connectivity index (χ0n) is 21.1. The lowest BCUT2D eigenvalue weighted by atomic mass is 10.0. The number of carbonyl (C=O) groups is 2. The molecule has 0 radical (unpaired) electrons. The van der Waals surface area contributed by atoms with Crippen LogP contribution in [0.3, 0.4) is 0 Å². The fourth-order valence-electron chi connectivity index (χ4n) is 4.09. The van der Waals surface area contributed by atoms with E-state index < -0.39 is 0 Å². The molecule has 38 heavy (non-hydrogen) atoms. The largest absolute Gasteiger partial charge is 0.325 e. The Morgan fingerprint density at radius 1 is 0.789 bits per heavy atom. The highest BCUT2D eigenvalue weighted by molar-refractivity contribution is 7.99. The standard InChI is InChI=1S/C31H26N4O2S/c1-21-17-18-25(19-22(21)2)35-30(24-13-7-4-8-14-24)33-34-31(35)38-20-28(36)32-27-16-10-9-15-26(27)29(37)23-11-5-3-6-12-23/h3-19H,20H2,1-2H3,(H,32,36). The van der Waals surface area contributed by atoms with Crippen LogP contribution in [-0.2, 0) is 4.79 Å². The molecule has 0 saturated heterocycles. The number of carbonyl (C=O) groups excluding carboxylic acids is 2. The molecular formula is C31H26N4O2S. The highest BCUT2D eigenvalue weighted by Gasteiger charge is 2.19. The summed E-state index contributed by atoms with van der Waals surface area (Å²) in [5, 5.41) is 12.4. The molecule has 6 nitrogen and oxygen atoms in total. The van der Waals surface area contributed by atoms with E-state index in [1.807, 2.05) is 59.2 Å². The summed E-state index contributed by atoms with van der Waals surface area (Å²) in [7, 11) is 0. The predicted molar refractivity (Wildman–Crippen MR) is 152 cm³/mol. The van der Waals surface area contributed by atoms with Gasteiger partial charge in [-0.2, -0.15) is 0 Å². The van der Waals surface area contributed by atoms with Crippen LogP contribution in [-0.4, -0.2) is 32.2 Å². The van der Waals surface area contributed by atoms with E-state index in [2.05, 4.69) is 41.5 Å². The average Bonchev–Trinajstić information content (AvgIpc) is 3.38. The summed E-state index contributed by atoms with van der Waals surface area (Å²) >= 11 is 1.30. The van der Waals surface area contributed by atoms with Gasteiger partial charge in [0.05, 0.1) is 17.1 Å². The number of thioether (sulfide) groups is 1. The van der Waals surface area contributed by atoms with Gasteiger partial charge in [0.1, 0.15) is 0 Å². The minimum absolute atomic E-state index is 0.103. The predicted octanol–water partition coefficient (Wildman–Crippen LogP) is 6.51. The van der Waals surface area contributed by atoms with Crippen LogP contribution in [0, 0.1) is 13.8 Å². The third-order valence-corrected chi connectivity index (χ3v) is 7.16. The summed E-state index contributed by atoms with van der Waals surface area (Å²) in [6, 6.07) is 32.1. The molecular weight excluding hydrogens is 492 g/mol. The minimum Gasteiger partial charge on any atom is -0.325 e. The Kier molecular flexibility index (Phi) is 7.47. The zero-order chi connectivity index (χ0) is 26.5. The van der Waals surface area contributed by atoms with Crippen molar-refractivity contribution in [1.29, 1.82) is 0 Å². The first-order valence-corrected chi connectivity index (χ1v) is 13.2. The number of hydrogen-bond donors (Lipinski definition) is 1. The number of ketones is 1. The normalized spacial score (nSPS) is 10.8. The number of hydrogen-bond acceptors (Lipinski definition) is 5. The SMILES string of the molecule is Cc1ccc(-n2c(SCC(=O)Nc3ccccc3C(=O)c3ccccc3)nnc2-c2ccccc2)cc1C. The molecule has 0 aliphatic heterocycles. The van der Waals surface area contributed by atoms with Crippen LogP contribution >= 0.6 is 11.8 Å². The number of aromatic nitrogens is 3. The van der Waals surface area contributed by atoms with Gasteiger partial charge in [-0.15, -0.1) is 10.2 Å². The van der Waals surface area contributed by atoms with E-state index in [1.165, 1.54) is 17.3 Å². The second kappa shape index (κ2) is 11.3. The Labute approximate surface area is 225 Å². The van der Waals surface area contributed by atoms with Crippen molar-refractivity contribution in [1.82, 2.24) is 14.8 Å². The molecule has 1 amide bonds. The Hall–Kier alpha value is -4.49. The number of aryl methyl sites for hydroxylation is 2. The molecule has 1 N–H and O–H groups in total. The zero-order valence-corrected chi connectivity index (χ0v) is 21.9. The van der Waals surface area contributed by atoms with Gasteiger partial charge >= 0.3 is 0 Å². The van der Waals surface area contributed by atoms with E-state index in [1.54, 1.807) is 36.4 Å². The number of nitrogens with one attached hydrogen (secondary N) is 1. The Balaban J connectivity index is 1.39. The fourth-order valence-corrected chi connectivity index (χ4v) is 4.84. The van der Waals surface area contributed by atoms with E-state index in [0.29, 0.717) is 27.8 Å². The summed E-state index contributed by atoms with van der Waals surface area (Å²) in [6.07, 6.45) is 0. The van der Waals surface area contributed by atoms with Crippen molar-refractivity contribution in [3.8, 4) is 17.1 Å². The molecule has 0 bridgehead atoms. The van der Waals surface area contributed by atoms with Crippen LogP contribution in [0.2, 0.25) is 0 Å². The maximum absolute atomic E-state index is 13.0. The topological polar surface area (TPSA) is 76.9 Å². The molecule has 1 aromatic heterocycles. The van der Waals surface area contributed by atoms with E-state index in [0.717, 1.165) is 16.8 Å². The number of rotatable bonds is 8. The monoisotopic (exact) mass is 518 g/mol. The molecule has 0 aliphatic carbocycles. The average molecular weight is 519 g/mol. The number of para-hydroxylation sites is 1. The fraction of sp³-hybridized carbons (Fsp3) is 0.0968. The van der Waals surface area contributed by atoms with Crippen molar-refractivity contribution < 1.29 is 9.59 Å². The van der Waals surface area contributed by atoms with Crippen molar-refractivity contribution in [3.05, 3.63) is 125 Å². The van der Waals surface area contributed by atoms with Gasteiger partial charge in [-0.05, 0) is 49.2 Å². The molecule has 0 spiro atoms. The Bertz CT molecular complexity index is 1600. The van der Waals surface area contributed by atoms with E-state index >= 15 is 0 Å². The number of benzene rings is 4. The second-order valence-electron chi connectivity index (χ2n) is 8.85. The Morgan fingerprint density at radius 2 is 1.47 bits per heavy atom. The molecule has 0 atom stereocenters. The summed E-state index contributed by atoms with van der Waals surface area (Å²) in [5.41, 5.74) is 5.71. The molecule has 5 aromatic rings. The van der Waals surface area contributed by atoms with Gasteiger partial charge < -0.3 is 5.32 Å². The van der Waals surface area contributed by atoms with Crippen LogP contribution in [0.1, 0.15) is 27.0 Å². The van der Waals surface area contributed by atoms with Crippen LogP contribution in [0.5, 0.6) is 0 Å². The van der Waals surface area contributed by atoms with Crippen molar-refractivity contribution in [3.63, 3.8) is 0 Å². The minimum atomic E-state index is -0.237. The molecule has 1 heterocycles. The lowest BCUT2D eigenvalue weighted by molar-refractivity contribution is -0.113. The second-order valence-corrected chi connectivity index (χ2v) is 9.80. The summed E-state index contributed by atoms with van der Waals surface area (Å²) in [5.74, 6) is 0.428. The molecule has 188 valence electrons. The van der Waals surface area contributed by atoms with Crippen LogP contribution in [0.15, 0.2) is 108 Å². The Morgan fingerprint density at radius 3 is 2.21 bits per heavy atom. The number of anilines is 1. The third kappa shape index (κ3) is 5.43. The highest BCUT2D eigenvalue weighted by atomic mass is 32.2. The van der Waals surface area contributed by atoms with Crippen molar-refractivity contribution in [2.45, 2.75) is 19.0 Å². The summed E-state index contributed by atoms with van der Waals surface area (Å²) in [4.78, 5) is 26.1. The maximum Gasteiger partial charge on any atom is 0.234 e. The molecule has 0 saturated carbocycles. The van der Waals surface area contributed by atoms with Crippen LogP contribution < -0.4 is 5.32 Å². The van der Waals surface area contributed by atoms with Crippen molar-refractivity contribution >= 4 is 29.1 Å².